The maximum atomic E-state index is 12.9. The molecule has 0 bridgehead atoms. The van der Waals surface area contributed by atoms with E-state index in [-0.39, 0.29) is 17.7 Å². The summed E-state index contributed by atoms with van der Waals surface area (Å²) in [6, 6.07) is 8.82. The lowest BCUT2D eigenvalue weighted by molar-refractivity contribution is -0.140. The molecule has 2 unspecified atom stereocenters. The Bertz CT molecular complexity index is 891. The molecule has 1 aliphatic rings. The van der Waals surface area contributed by atoms with E-state index < -0.39 is 6.10 Å². The first-order chi connectivity index (χ1) is 13.8. The van der Waals surface area contributed by atoms with Gasteiger partial charge in [-0.1, -0.05) is 17.7 Å². The highest BCUT2D eigenvalue weighted by Gasteiger charge is 2.31. The molecule has 3 rings (SSSR count). The average molecular weight is 481 g/mol. The van der Waals surface area contributed by atoms with Gasteiger partial charge in [-0.15, -0.1) is 0 Å². The molecule has 0 spiro atoms. The molecule has 0 saturated carbocycles. The van der Waals surface area contributed by atoms with Crippen LogP contribution in [-0.4, -0.2) is 40.9 Å². The summed E-state index contributed by atoms with van der Waals surface area (Å²) in [5.41, 5.74) is 1.03. The van der Waals surface area contributed by atoms with Crippen LogP contribution in [-0.2, 0) is 9.59 Å². The second-order valence-corrected chi connectivity index (χ2v) is 8.46. The number of pyridine rings is 1. The summed E-state index contributed by atoms with van der Waals surface area (Å²) in [4.78, 5) is 31.4. The summed E-state index contributed by atoms with van der Waals surface area (Å²) in [6.07, 6.45) is 2.54. The van der Waals surface area contributed by atoms with Crippen molar-refractivity contribution >= 4 is 45.2 Å². The molecule has 1 saturated heterocycles. The highest BCUT2D eigenvalue weighted by Crippen LogP contribution is 2.29. The number of benzene rings is 1. The Balaban J connectivity index is 1.59. The van der Waals surface area contributed by atoms with E-state index in [1.165, 1.54) is 0 Å². The van der Waals surface area contributed by atoms with Crippen LogP contribution in [0.25, 0.3) is 0 Å². The number of aromatic nitrogens is 1. The largest absolute Gasteiger partial charge is 0.480 e. The molecule has 1 aliphatic heterocycles. The van der Waals surface area contributed by atoms with Gasteiger partial charge >= 0.3 is 0 Å². The molecule has 0 aliphatic carbocycles. The summed E-state index contributed by atoms with van der Waals surface area (Å²) >= 11 is 9.34. The fourth-order valence-electron chi connectivity index (χ4n) is 3.23. The van der Waals surface area contributed by atoms with E-state index in [9.17, 15) is 9.59 Å². The zero-order valence-electron chi connectivity index (χ0n) is 16.3. The molecule has 6 nitrogen and oxygen atoms in total. The molecule has 2 heterocycles. The van der Waals surface area contributed by atoms with E-state index in [0.29, 0.717) is 34.2 Å². The standard InChI is InChI=1S/C21H23BrClN3O3/c1-13-5-8-19(24-11-13)25-20(27)15-4-3-9-26(12-15)21(28)14(2)29-18-7-6-16(23)10-17(18)22/h5-8,10-11,14-15H,3-4,9,12H2,1-2H3,(H,24,25,27). The third kappa shape index (κ3) is 5.70. The van der Waals surface area contributed by atoms with Crippen molar-refractivity contribution in [3.63, 3.8) is 0 Å². The van der Waals surface area contributed by atoms with Crippen LogP contribution >= 0.6 is 27.5 Å². The minimum Gasteiger partial charge on any atom is -0.480 e. The van der Waals surface area contributed by atoms with Gasteiger partial charge in [0.2, 0.25) is 5.91 Å². The van der Waals surface area contributed by atoms with Crippen LogP contribution in [0.5, 0.6) is 5.75 Å². The quantitative estimate of drug-likeness (QED) is 0.686. The average Bonchev–Trinajstić information content (AvgIpc) is 2.71. The van der Waals surface area contributed by atoms with Crippen LogP contribution in [0.3, 0.4) is 0 Å². The number of aryl methyl sites for hydroxylation is 1. The van der Waals surface area contributed by atoms with Crippen molar-refractivity contribution in [1.82, 2.24) is 9.88 Å². The molecule has 1 N–H and O–H groups in total. The minimum atomic E-state index is -0.673. The number of nitrogens with one attached hydrogen (secondary N) is 1. The molecular weight excluding hydrogens is 458 g/mol. The van der Waals surface area contributed by atoms with E-state index >= 15 is 0 Å². The third-order valence-corrected chi connectivity index (χ3v) is 5.67. The van der Waals surface area contributed by atoms with Crippen molar-refractivity contribution in [2.45, 2.75) is 32.8 Å². The summed E-state index contributed by atoms with van der Waals surface area (Å²) < 4.78 is 6.50. The number of nitrogens with zero attached hydrogens (tertiary/aromatic N) is 2. The van der Waals surface area contributed by atoms with E-state index in [4.69, 9.17) is 16.3 Å². The Hall–Kier alpha value is -2.12. The lowest BCUT2D eigenvalue weighted by Gasteiger charge is -2.33. The Labute approximate surface area is 183 Å². The number of ether oxygens (including phenoxy) is 1. The van der Waals surface area contributed by atoms with Crippen molar-refractivity contribution in [1.29, 1.82) is 0 Å². The topological polar surface area (TPSA) is 71.5 Å². The van der Waals surface area contributed by atoms with Crippen LogP contribution in [0.15, 0.2) is 41.0 Å². The van der Waals surface area contributed by atoms with Gasteiger partial charge in [0.05, 0.1) is 10.4 Å². The Morgan fingerprint density at radius 1 is 1.34 bits per heavy atom. The summed E-state index contributed by atoms with van der Waals surface area (Å²) in [5, 5.41) is 3.42. The maximum Gasteiger partial charge on any atom is 0.263 e. The number of piperidine rings is 1. The second-order valence-electron chi connectivity index (χ2n) is 7.17. The van der Waals surface area contributed by atoms with Crippen LogP contribution in [0.1, 0.15) is 25.3 Å². The summed E-state index contributed by atoms with van der Waals surface area (Å²) in [7, 11) is 0. The van der Waals surface area contributed by atoms with E-state index in [0.717, 1.165) is 18.4 Å². The molecule has 154 valence electrons. The maximum absolute atomic E-state index is 12.9. The number of carbonyl (C=O) groups is 2. The van der Waals surface area contributed by atoms with Gasteiger partial charge in [0.15, 0.2) is 6.10 Å². The van der Waals surface area contributed by atoms with Crippen molar-refractivity contribution in [2.75, 3.05) is 18.4 Å². The SMILES string of the molecule is Cc1ccc(NC(=O)C2CCCN(C(=O)C(C)Oc3ccc(Cl)cc3Br)C2)nc1. The van der Waals surface area contributed by atoms with Crippen molar-refractivity contribution in [3.05, 3.63) is 51.6 Å². The minimum absolute atomic E-state index is 0.118. The fourth-order valence-corrected chi connectivity index (χ4v) is 4.01. The first-order valence-corrected chi connectivity index (χ1v) is 10.6. The summed E-state index contributed by atoms with van der Waals surface area (Å²) in [6.45, 7) is 4.63. The highest BCUT2D eigenvalue weighted by molar-refractivity contribution is 9.10. The predicted molar refractivity (Wildman–Crippen MR) is 116 cm³/mol. The number of rotatable bonds is 5. The van der Waals surface area contributed by atoms with Crippen LogP contribution in [0.4, 0.5) is 5.82 Å². The molecule has 1 aromatic carbocycles. The Kier molecular flexibility index (Phi) is 7.14. The number of hydrogen-bond acceptors (Lipinski definition) is 4. The molecule has 8 heteroatoms. The molecule has 29 heavy (non-hydrogen) atoms. The predicted octanol–water partition coefficient (Wildman–Crippen LogP) is 4.45. The fraction of sp³-hybridized carbons (Fsp3) is 0.381. The van der Waals surface area contributed by atoms with Gasteiger partial charge in [-0.3, -0.25) is 9.59 Å². The lowest BCUT2D eigenvalue weighted by atomic mass is 9.96. The zero-order valence-corrected chi connectivity index (χ0v) is 18.7. The molecule has 2 atom stereocenters. The first-order valence-electron chi connectivity index (χ1n) is 9.47. The molecule has 1 fully saturated rings. The number of hydrogen-bond donors (Lipinski definition) is 1. The van der Waals surface area contributed by atoms with Crippen molar-refractivity contribution in [3.8, 4) is 5.75 Å². The lowest BCUT2D eigenvalue weighted by Crippen LogP contribution is -2.48. The number of likely N-dealkylation sites (tertiary alicyclic amines) is 1. The summed E-state index contributed by atoms with van der Waals surface area (Å²) in [5.74, 6) is 0.538. The third-order valence-electron chi connectivity index (χ3n) is 4.81. The second kappa shape index (κ2) is 9.59. The van der Waals surface area contributed by atoms with Gasteiger partial charge < -0.3 is 15.0 Å². The molecule has 2 amide bonds. The smallest absolute Gasteiger partial charge is 0.263 e. The number of amides is 2. The van der Waals surface area contributed by atoms with Gasteiger partial charge in [0.25, 0.3) is 5.91 Å². The van der Waals surface area contributed by atoms with Crippen molar-refractivity contribution in [2.24, 2.45) is 5.92 Å². The van der Waals surface area contributed by atoms with E-state index in [1.54, 1.807) is 42.3 Å². The van der Waals surface area contributed by atoms with Gasteiger partial charge in [-0.05, 0) is 72.4 Å². The molecule has 1 aromatic heterocycles. The number of halogens is 2. The monoisotopic (exact) mass is 479 g/mol. The van der Waals surface area contributed by atoms with Crippen LogP contribution in [0, 0.1) is 12.8 Å². The van der Waals surface area contributed by atoms with Gasteiger partial charge in [0.1, 0.15) is 11.6 Å². The molecule has 2 aromatic rings. The highest BCUT2D eigenvalue weighted by atomic mass is 79.9. The number of carbonyl (C=O) groups excluding carboxylic acids is 2. The van der Waals surface area contributed by atoms with Gasteiger partial charge in [-0.2, -0.15) is 0 Å². The number of anilines is 1. The van der Waals surface area contributed by atoms with Crippen LogP contribution in [0.2, 0.25) is 5.02 Å². The van der Waals surface area contributed by atoms with Gasteiger partial charge in [0, 0.05) is 24.3 Å². The van der Waals surface area contributed by atoms with E-state index in [1.807, 2.05) is 13.0 Å². The Morgan fingerprint density at radius 3 is 2.83 bits per heavy atom. The Morgan fingerprint density at radius 2 is 2.14 bits per heavy atom. The molecular formula is C21H23BrClN3O3. The first kappa shape index (κ1) is 21.6. The zero-order chi connectivity index (χ0) is 21.0. The van der Waals surface area contributed by atoms with Crippen molar-refractivity contribution < 1.29 is 14.3 Å². The van der Waals surface area contributed by atoms with Crippen LogP contribution < -0.4 is 10.1 Å². The van der Waals surface area contributed by atoms with Gasteiger partial charge in [-0.25, -0.2) is 4.98 Å². The normalized spacial score (nSPS) is 17.5. The molecule has 0 radical (unpaired) electrons. The van der Waals surface area contributed by atoms with E-state index in [2.05, 4.69) is 26.2 Å².